The lowest BCUT2D eigenvalue weighted by Crippen LogP contribution is -2.48. The summed E-state index contributed by atoms with van der Waals surface area (Å²) in [7, 11) is 0. The first kappa shape index (κ1) is 22.2. The molecule has 2 amide bonds. The SMILES string of the molecule is C=CCN(Cc1cccs1)C(=O)C(C)N1CCCN(C(=O)c2ccc(F)cc2)CC1. The van der Waals surface area contributed by atoms with Crippen molar-refractivity contribution in [2.45, 2.75) is 25.9 Å². The largest absolute Gasteiger partial charge is 0.337 e. The number of carbonyl (C=O) groups is 2. The van der Waals surface area contributed by atoms with E-state index >= 15 is 0 Å². The summed E-state index contributed by atoms with van der Waals surface area (Å²) in [6, 6.07) is 9.39. The highest BCUT2D eigenvalue weighted by atomic mass is 32.1. The first-order valence-electron chi connectivity index (χ1n) is 10.2. The molecule has 1 aromatic carbocycles. The quantitative estimate of drug-likeness (QED) is 0.632. The van der Waals surface area contributed by atoms with Crippen LogP contribution in [0.4, 0.5) is 4.39 Å². The number of thiophene rings is 1. The molecule has 0 aliphatic carbocycles. The van der Waals surface area contributed by atoms with E-state index in [0.717, 1.165) is 17.8 Å². The van der Waals surface area contributed by atoms with E-state index in [-0.39, 0.29) is 23.7 Å². The third-order valence-electron chi connectivity index (χ3n) is 5.40. The Balaban J connectivity index is 1.61. The summed E-state index contributed by atoms with van der Waals surface area (Å²) in [4.78, 5) is 32.8. The van der Waals surface area contributed by atoms with Crippen LogP contribution in [-0.4, -0.2) is 65.3 Å². The molecule has 1 unspecified atom stereocenters. The molecule has 1 aliphatic heterocycles. The number of hydrogen-bond acceptors (Lipinski definition) is 4. The second-order valence-corrected chi connectivity index (χ2v) is 8.48. The number of amides is 2. The van der Waals surface area contributed by atoms with E-state index in [9.17, 15) is 14.0 Å². The summed E-state index contributed by atoms with van der Waals surface area (Å²) in [6.45, 7) is 9.35. The molecule has 3 rings (SSSR count). The van der Waals surface area contributed by atoms with E-state index in [1.807, 2.05) is 29.3 Å². The van der Waals surface area contributed by atoms with Gasteiger partial charge in [0.1, 0.15) is 5.82 Å². The molecule has 5 nitrogen and oxygen atoms in total. The Morgan fingerprint density at radius 2 is 1.97 bits per heavy atom. The van der Waals surface area contributed by atoms with E-state index in [2.05, 4.69) is 11.5 Å². The van der Waals surface area contributed by atoms with Crippen LogP contribution in [0.3, 0.4) is 0 Å². The highest BCUT2D eigenvalue weighted by molar-refractivity contribution is 7.09. The molecular formula is C23H28FN3O2S. The van der Waals surface area contributed by atoms with Gasteiger partial charge in [-0.05, 0) is 49.1 Å². The number of halogens is 1. The minimum absolute atomic E-state index is 0.0709. The topological polar surface area (TPSA) is 43.9 Å². The van der Waals surface area contributed by atoms with E-state index < -0.39 is 0 Å². The van der Waals surface area contributed by atoms with Gasteiger partial charge in [-0.1, -0.05) is 12.1 Å². The summed E-state index contributed by atoms with van der Waals surface area (Å²) < 4.78 is 13.1. The van der Waals surface area contributed by atoms with Gasteiger partial charge in [0.15, 0.2) is 0 Å². The van der Waals surface area contributed by atoms with E-state index in [0.29, 0.717) is 38.3 Å². The predicted molar refractivity (Wildman–Crippen MR) is 118 cm³/mol. The summed E-state index contributed by atoms with van der Waals surface area (Å²) >= 11 is 1.64. The first-order valence-corrected chi connectivity index (χ1v) is 11.1. The lowest BCUT2D eigenvalue weighted by atomic mass is 10.2. The highest BCUT2D eigenvalue weighted by Gasteiger charge is 2.28. The maximum absolute atomic E-state index is 13.2. The van der Waals surface area contributed by atoms with Crippen molar-refractivity contribution >= 4 is 23.2 Å². The van der Waals surface area contributed by atoms with Crippen molar-refractivity contribution in [3.05, 3.63) is 70.7 Å². The van der Waals surface area contributed by atoms with Crippen molar-refractivity contribution < 1.29 is 14.0 Å². The van der Waals surface area contributed by atoms with Crippen LogP contribution >= 0.6 is 11.3 Å². The molecule has 30 heavy (non-hydrogen) atoms. The highest BCUT2D eigenvalue weighted by Crippen LogP contribution is 2.16. The molecule has 1 aromatic heterocycles. The zero-order valence-electron chi connectivity index (χ0n) is 17.3. The molecule has 2 aromatic rings. The molecule has 7 heteroatoms. The van der Waals surface area contributed by atoms with Crippen LogP contribution in [0.2, 0.25) is 0 Å². The lowest BCUT2D eigenvalue weighted by Gasteiger charge is -2.31. The molecule has 160 valence electrons. The van der Waals surface area contributed by atoms with E-state index in [4.69, 9.17) is 0 Å². The van der Waals surface area contributed by atoms with Crippen molar-refractivity contribution in [2.75, 3.05) is 32.7 Å². The van der Waals surface area contributed by atoms with Crippen molar-refractivity contribution in [1.29, 1.82) is 0 Å². The minimum atomic E-state index is -0.354. The van der Waals surface area contributed by atoms with Crippen molar-refractivity contribution in [1.82, 2.24) is 14.7 Å². The summed E-state index contributed by atoms with van der Waals surface area (Å²) in [5, 5.41) is 2.01. The average molecular weight is 430 g/mol. The summed E-state index contributed by atoms with van der Waals surface area (Å²) in [6.07, 6.45) is 2.54. The molecule has 2 heterocycles. The Hall–Kier alpha value is -2.51. The van der Waals surface area contributed by atoms with Gasteiger partial charge in [0.25, 0.3) is 5.91 Å². The molecule has 1 fully saturated rings. The zero-order valence-corrected chi connectivity index (χ0v) is 18.1. The van der Waals surface area contributed by atoms with Gasteiger partial charge in [-0.25, -0.2) is 4.39 Å². The number of hydrogen-bond donors (Lipinski definition) is 0. The molecule has 0 saturated carbocycles. The molecule has 0 bridgehead atoms. The van der Waals surface area contributed by atoms with Crippen LogP contribution in [0.5, 0.6) is 0 Å². The van der Waals surface area contributed by atoms with Crippen molar-refractivity contribution in [2.24, 2.45) is 0 Å². The van der Waals surface area contributed by atoms with Crippen LogP contribution in [0.15, 0.2) is 54.4 Å². The van der Waals surface area contributed by atoms with Crippen molar-refractivity contribution in [3.63, 3.8) is 0 Å². The Bertz CT molecular complexity index is 854. The monoisotopic (exact) mass is 429 g/mol. The Morgan fingerprint density at radius 3 is 2.63 bits per heavy atom. The van der Waals surface area contributed by atoms with Gasteiger partial charge in [-0.2, -0.15) is 0 Å². The lowest BCUT2D eigenvalue weighted by molar-refractivity contribution is -0.136. The average Bonchev–Trinajstić information content (AvgIpc) is 3.14. The standard InChI is InChI=1S/C23H28FN3O2S/c1-3-11-27(17-21-6-4-16-30-21)22(28)18(2)25-12-5-13-26(15-14-25)23(29)19-7-9-20(24)10-8-19/h3-4,6-10,16,18H,1,5,11-15,17H2,2H3. The fourth-order valence-electron chi connectivity index (χ4n) is 3.70. The first-order chi connectivity index (χ1) is 14.5. The number of benzene rings is 1. The van der Waals surface area contributed by atoms with Gasteiger partial charge in [0.2, 0.25) is 5.91 Å². The second-order valence-electron chi connectivity index (χ2n) is 7.45. The molecule has 0 spiro atoms. The number of carbonyl (C=O) groups excluding carboxylic acids is 2. The molecule has 1 atom stereocenters. The maximum atomic E-state index is 13.2. The van der Waals surface area contributed by atoms with Crippen molar-refractivity contribution in [3.8, 4) is 0 Å². The van der Waals surface area contributed by atoms with Gasteiger partial charge < -0.3 is 9.80 Å². The maximum Gasteiger partial charge on any atom is 0.253 e. The van der Waals surface area contributed by atoms with E-state index in [1.54, 1.807) is 22.3 Å². The third-order valence-corrected chi connectivity index (χ3v) is 6.26. The van der Waals surface area contributed by atoms with Crippen LogP contribution in [0, 0.1) is 5.82 Å². The van der Waals surface area contributed by atoms with Gasteiger partial charge in [0, 0.05) is 43.2 Å². The third kappa shape index (κ3) is 5.55. The Labute approximate surface area is 181 Å². The predicted octanol–water partition coefficient (Wildman–Crippen LogP) is 3.64. The van der Waals surface area contributed by atoms with Gasteiger partial charge >= 0.3 is 0 Å². The Morgan fingerprint density at radius 1 is 1.20 bits per heavy atom. The van der Waals surface area contributed by atoms with Gasteiger partial charge in [-0.3, -0.25) is 14.5 Å². The normalized spacial score (nSPS) is 16.0. The molecule has 0 radical (unpaired) electrons. The van der Waals surface area contributed by atoms with Crippen LogP contribution in [0.25, 0.3) is 0 Å². The number of rotatable bonds is 7. The fraction of sp³-hybridized carbons (Fsp3) is 0.391. The van der Waals surface area contributed by atoms with E-state index in [1.165, 1.54) is 24.3 Å². The molecular weight excluding hydrogens is 401 g/mol. The molecule has 0 N–H and O–H groups in total. The van der Waals surface area contributed by atoms with Gasteiger partial charge in [0.05, 0.1) is 12.6 Å². The van der Waals surface area contributed by atoms with Gasteiger partial charge in [-0.15, -0.1) is 17.9 Å². The molecule has 1 aliphatic rings. The smallest absolute Gasteiger partial charge is 0.253 e. The zero-order chi connectivity index (χ0) is 21.5. The second kappa shape index (κ2) is 10.5. The Kier molecular flexibility index (Phi) is 7.76. The summed E-state index contributed by atoms with van der Waals surface area (Å²) in [5.41, 5.74) is 0.488. The van der Waals surface area contributed by atoms with Crippen LogP contribution in [0.1, 0.15) is 28.6 Å². The van der Waals surface area contributed by atoms with Crippen LogP contribution < -0.4 is 0 Å². The fourth-order valence-corrected chi connectivity index (χ4v) is 4.42. The summed E-state index contributed by atoms with van der Waals surface area (Å²) in [5.74, 6) is -0.379. The molecule has 1 saturated heterocycles. The minimum Gasteiger partial charge on any atom is -0.337 e. The van der Waals surface area contributed by atoms with Crippen LogP contribution in [-0.2, 0) is 11.3 Å². The number of nitrogens with zero attached hydrogens (tertiary/aromatic N) is 3.